The lowest BCUT2D eigenvalue weighted by molar-refractivity contribution is -0.900. The predicted octanol–water partition coefficient (Wildman–Crippen LogP) is 0.0877. The molecule has 3 N–H and O–H groups in total. The lowest BCUT2D eigenvalue weighted by Gasteiger charge is -2.36. The number of benzene rings is 1. The van der Waals surface area contributed by atoms with Gasteiger partial charge >= 0.3 is 0 Å². The molecule has 1 saturated heterocycles. The van der Waals surface area contributed by atoms with E-state index in [9.17, 15) is 9.90 Å². The number of nitrogens with one attached hydrogen (secondary N) is 2. The fourth-order valence-corrected chi connectivity index (χ4v) is 3.36. The highest BCUT2D eigenvalue weighted by atomic mass is 16.5. The number of hydrogen-bond acceptors (Lipinski definition) is 3. The number of hydrogen-bond donors (Lipinski definition) is 3. The lowest BCUT2D eigenvalue weighted by atomic mass is 9.84. The second-order valence-electron chi connectivity index (χ2n) is 6.91. The molecule has 0 aromatic heterocycles. The van der Waals surface area contributed by atoms with E-state index in [0.29, 0.717) is 25.3 Å². The molecule has 0 unspecified atom stereocenters. The Labute approximate surface area is 137 Å². The molecule has 126 valence electrons. The number of ether oxygens (including phenoxy) is 1. The average Bonchev–Trinajstić information content (AvgIpc) is 3.40. The third-order valence-corrected chi connectivity index (χ3v) is 5.09. The molecule has 1 aliphatic heterocycles. The Morgan fingerprint density at radius 2 is 2.04 bits per heavy atom. The topological polar surface area (TPSA) is 63.0 Å². The number of likely N-dealkylation sites (tertiary alicyclic amines) is 1. The van der Waals surface area contributed by atoms with Gasteiger partial charge in [-0.1, -0.05) is 18.2 Å². The standard InChI is InChI=1S/C18H26N2O3/c1-23-16-5-3-2-4-15(16)18(22)8-10-20(11-9-18)13-17(21)19-12-14-6-7-14/h2-5,14,22H,6-13H2,1H3,(H,19,21)/p+1. The lowest BCUT2D eigenvalue weighted by Crippen LogP contribution is -3.14. The van der Waals surface area contributed by atoms with Gasteiger partial charge in [0.2, 0.25) is 0 Å². The molecule has 2 aliphatic rings. The molecule has 1 aromatic rings. The summed E-state index contributed by atoms with van der Waals surface area (Å²) in [4.78, 5) is 13.2. The molecular weight excluding hydrogens is 292 g/mol. The molecule has 0 atom stereocenters. The number of methoxy groups -OCH3 is 1. The Hall–Kier alpha value is -1.59. The van der Waals surface area contributed by atoms with Crippen molar-refractivity contribution in [1.29, 1.82) is 0 Å². The Morgan fingerprint density at radius 3 is 2.70 bits per heavy atom. The molecule has 23 heavy (non-hydrogen) atoms. The molecule has 1 heterocycles. The number of para-hydroxylation sites is 1. The zero-order valence-electron chi connectivity index (χ0n) is 13.8. The Kier molecular flexibility index (Phi) is 4.87. The van der Waals surface area contributed by atoms with Gasteiger partial charge in [0.1, 0.15) is 11.4 Å². The molecule has 5 nitrogen and oxygen atoms in total. The second kappa shape index (κ2) is 6.89. The van der Waals surface area contributed by atoms with E-state index in [1.807, 2.05) is 24.3 Å². The van der Waals surface area contributed by atoms with Crippen LogP contribution in [-0.2, 0) is 10.4 Å². The summed E-state index contributed by atoms with van der Waals surface area (Å²) in [5, 5.41) is 14.0. The van der Waals surface area contributed by atoms with Crippen LogP contribution in [0.25, 0.3) is 0 Å². The fraction of sp³-hybridized carbons (Fsp3) is 0.611. The van der Waals surface area contributed by atoms with Crippen molar-refractivity contribution in [2.45, 2.75) is 31.3 Å². The highest BCUT2D eigenvalue weighted by molar-refractivity contribution is 5.76. The van der Waals surface area contributed by atoms with Gasteiger partial charge < -0.3 is 20.1 Å². The largest absolute Gasteiger partial charge is 0.496 e. The first kappa shape index (κ1) is 16.3. The van der Waals surface area contributed by atoms with Gasteiger partial charge in [-0.15, -0.1) is 0 Å². The van der Waals surface area contributed by atoms with E-state index >= 15 is 0 Å². The van der Waals surface area contributed by atoms with Crippen molar-refractivity contribution < 1.29 is 19.5 Å². The smallest absolute Gasteiger partial charge is 0.275 e. The maximum absolute atomic E-state index is 12.0. The molecule has 0 radical (unpaired) electrons. The molecule has 0 bridgehead atoms. The molecule has 1 saturated carbocycles. The van der Waals surface area contributed by atoms with Crippen LogP contribution in [0, 0.1) is 5.92 Å². The normalized spacial score (nSPS) is 27.5. The van der Waals surface area contributed by atoms with Crippen LogP contribution >= 0.6 is 0 Å². The van der Waals surface area contributed by atoms with Crippen molar-refractivity contribution in [2.24, 2.45) is 5.92 Å². The Bertz CT molecular complexity index is 549. The van der Waals surface area contributed by atoms with Gasteiger partial charge in [0.25, 0.3) is 5.91 Å². The van der Waals surface area contributed by atoms with Crippen LogP contribution in [0.5, 0.6) is 5.75 Å². The van der Waals surface area contributed by atoms with Gasteiger partial charge in [-0.3, -0.25) is 4.79 Å². The van der Waals surface area contributed by atoms with Crippen LogP contribution in [0.2, 0.25) is 0 Å². The van der Waals surface area contributed by atoms with E-state index in [-0.39, 0.29) is 5.91 Å². The van der Waals surface area contributed by atoms with Crippen LogP contribution in [0.15, 0.2) is 24.3 Å². The summed E-state index contributed by atoms with van der Waals surface area (Å²) in [5.74, 6) is 1.58. The second-order valence-corrected chi connectivity index (χ2v) is 6.91. The fourth-order valence-electron chi connectivity index (χ4n) is 3.36. The summed E-state index contributed by atoms with van der Waals surface area (Å²) in [7, 11) is 1.63. The molecule has 1 aromatic carbocycles. The summed E-state index contributed by atoms with van der Waals surface area (Å²) < 4.78 is 5.38. The monoisotopic (exact) mass is 319 g/mol. The SMILES string of the molecule is COc1ccccc1C1(O)CC[NH+](CC(=O)NCC2CC2)CC1. The molecule has 2 fully saturated rings. The van der Waals surface area contributed by atoms with Gasteiger partial charge in [-0.05, 0) is 24.8 Å². The number of quaternary nitrogens is 1. The summed E-state index contributed by atoms with van der Waals surface area (Å²) in [5.41, 5.74) is 0.0142. The molecule has 1 aliphatic carbocycles. The minimum atomic E-state index is -0.847. The summed E-state index contributed by atoms with van der Waals surface area (Å²) >= 11 is 0. The van der Waals surface area contributed by atoms with Crippen molar-refractivity contribution in [3.05, 3.63) is 29.8 Å². The maximum Gasteiger partial charge on any atom is 0.275 e. The highest BCUT2D eigenvalue weighted by Gasteiger charge is 2.38. The Balaban J connectivity index is 1.53. The number of aliphatic hydroxyl groups is 1. The van der Waals surface area contributed by atoms with Crippen LogP contribution in [0.3, 0.4) is 0 Å². The third-order valence-electron chi connectivity index (χ3n) is 5.09. The first-order valence-corrected chi connectivity index (χ1v) is 8.57. The van der Waals surface area contributed by atoms with Gasteiger partial charge in [-0.2, -0.15) is 0 Å². The van der Waals surface area contributed by atoms with Crippen molar-refractivity contribution in [2.75, 3.05) is 33.3 Å². The van der Waals surface area contributed by atoms with Gasteiger partial charge in [0.05, 0.1) is 20.2 Å². The van der Waals surface area contributed by atoms with Crippen molar-refractivity contribution in [3.63, 3.8) is 0 Å². The third kappa shape index (κ3) is 4.03. The highest BCUT2D eigenvalue weighted by Crippen LogP contribution is 2.35. The zero-order valence-corrected chi connectivity index (χ0v) is 13.8. The minimum absolute atomic E-state index is 0.134. The first-order chi connectivity index (χ1) is 11.1. The Morgan fingerprint density at radius 1 is 1.35 bits per heavy atom. The van der Waals surface area contributed by atoms with E-state index < -0.39 is 5.60 Å². The van der Waals surface area contributed by atoms with E-state index in [1.54, 1.807) is 7.11 Å². The quantitative estimate of drug-likeness (QED) is 0.696. The summed E-state index contributed by atoms with van der Waals surface area (Å²) in [6.07, 6.45) is 3.81. The molecule has 3 rings (SSSR count). The average molecular weight is 319 g/mol. The minimum Gasteiger partial charge on any atom is -0.496 e. The van der Waals surface area contributed by atoms with Gasteiger partial charge in [-0.25, -0.2) is 0 Å². The van der Waals surface area contributed by atoms with Gasteiger partial charge in [0.15, 0.2) is 6.54 Å². The number of amides is 1. The van der Waals surface area contributed by atoms with E-state index in [4.69, 9.17) is 4.74 Å². The van der Waals surface area contributed by atoms with Gasteiger partial charge in [0, 0.05) is 24.9 Å². The molecular formula is C18H27N2O3+. The number of rotatable bonds is 6. The summed E-state index contributed by atoms with van der Waals surface area (Å²) in [6, 6.07) is 7.67. The van der Waals surface area contributed by atoms with Crippen LogP contribution in [0.4, 0.5) is 0 Å². The first-order valence-electron chi connectivity index (χ1n) is 8.57. The number of carbonyl (C=O) groups is 1. The van der Waals surface area contributed by atoms with Crippen LogP contribution in [0.1, 0.15) is 31.2 Å². The molecule has 5 heteroatoms. The van der Waals surface area contributed by atoms with Crippen LogP contribution in [-0.4, -0.2) is 44.3 Å². The van der Waals surface area contributed by atoms with Crippen molar-refractivity contribution >= 4 is 5.91 Å². The number of piperidine rings is 1. The van der Waals surface area contributed by atoms with E-state index in [2.05, 4.69) is 5.32 Å². The predicted molar refractivity (Wildman–Crippen MR) is 87.4 cm³/mol. The van der Waals surface area contributed by atoms with Crippen molar-refractivity contribution in [3.8, 4) is 5.75 Å². The maximum atomic E-state index is 12.0. The molecule has 0 spiro atoms. The van der Waals surface area contributed by atoms with Crippen LogP contribution < -0.4 is 15.0 Å². The van der Waals surface area contributed by atoms with E-state index in [0.717, 1.165) is 30.9 Å². The zero-order chi connectivity index (χ0) is 16.3. The van der Waals surface area contributed by atoms with Crippen molar-refractivity contribution in [1.82, 2.24) is 5.32 Å². The van der Waals surface area contributed by atoms with E-state index in [1.165, 1.54) is 17.7 Å². The summed E-state index contributed by atoms with van der Waals surface area (Å²) in [6.45, 7) is 2.93. The number of carbonyl (C=O) groups excluding carboxylic acids is 1. The molecule has 1 amide bonds.